The van der Waals surface area contributed by atoms with Crippen molar-refractivity contribution in [2.24, 2.45) is 0 Å². The van der Waals surface area contributed by atoms with Crippen LogP contribution in [0.25, 0.3) is 0 Å². The normalized spacial score (nSPS) is 24.2. The van der Waals surface area contributed by atoms with Crippen LogP contribution in [0.3, 0.4) is 0 Å². The quantitative estimate of drug-likeness (QED) is 0.306. The van der Waals surface area contributed by atoms with E-state index in [1.54, 1.807) is 4.90 Å². The first-order valence-corrected chi connectivity index (χ1v) is 14.6. The Hall–Kier alpha value is -3.27. The van der Waals surface area contributed by atoms with E-state index in [0.717, 1.165) is 5.56 Å². The van der Waals surface area contributed by atoms with Crippen LogP contribution in [0.15, 0.2) is 30.3 Å². The van der Waals surface area contributed by atoms with Crippen LogP contribution in [0.4, 0.5) is 0 Å². The summed E-state index contributed by atoms with van der Waals surface area (Å²) < 4.78 is 0. The predicted molar refractivity (Wildman–Crippen MR) is 150 cm³/mol. The summed E-state index contributed by atoms with van der Waals surface area (Å²) >= 11 is 0. The first kappa shape index (κ1) is 31.3. The standard InChI is InChI=1S/C30H44N4O6/c1-4-30(5-2)29(40)32-23(19-21-13-8-6-9-14-21)28(39)34-18-12-16-24(34)27(38)31-22(26(37)33-30)15-10-7-11-17-25(36)20(3)35/h6,8-9,13-14,20,22-24,35H,4-5,7,10-12,15-19H2,1-3H3,(H,31,38)(H,32,40)(H,33,37)/t20-,22+,23-,24?/m1/s1. The molecule has 1 aromatic rings. The molecule has 0 saturated carbocycles. The number of Topliss-reactive ketones (excluding diaryl/α,β-unsaturated/α-hetero) is 1. The molecule has 4 atom stereocenters. The van der Waals surface area contributed by atoms with E-state index in [4.69, 9.17) is 0 Å². The lowest BCUT2D eigenvalue weighted by atomic mass is 9.89. The van der Waals surface area contributed by atoms with Gasteiger partial charge in [0.2, 0.25) is 23.6 Å². The highest BCUT2D eigenvalue weighted by Crippen LogP contribution is 2.23. The van der Waals surface area contributed by atoms with Crippen LogP contribution in [0, 0.1) is 0 Å². The number of ketones is 1. The molecule has 2 saturated heterocycles. The lowest BCUT2D eigenvalue weighted by molar-refractivity contribution is -0.145. The van der Waals surface area contributed by atoms with Crippen molar-refractivity contribution in [2.45, 2.75) is 115 Å². The molecule has 0 radical (unpaired) electrons. The van der Waals surface area contributed by atoms with Gasteiger partial charge in [-0.3, -0.25) is 24.0 Å². The van der Waals surface area contributed by atoms with Crippen molar-refractivity contribution >= 4 is 29.4 Å². The van der Waals surface area contributed by atoms with Crippen molar-refractivity contribution in [1.82, 2.24) is 20.9 Å². The molecule has 10 heteroatoms. The number of carbonyl (C=O) groups excluding carboxylic acids is 5. The number of fused-ring (bicyclic) bond motifs is 1. The van der Waals surface area contributed by atoms with Gasteiger partial charge in [0.1, 0.15) is 29.8 Å². The average Bonchev–Trinajstić information content (AvgIpc) is 3.44. The van der Waals surface area contributed by atoms with Gasteiger partial charge in [-0.25, -0.2) is 0 Å². The summed E-state index contributed by atoms with van der Waals surface area (Å²) in [5.41, 5.74) is -0.367. The van der Waals surface area contributed by atoms with Gasteiger partial charge in [0, 0.05) is 19.4 Å². The molecule has 0 aliphatic carbocycles. The Morgan fingerprint density at radius 2 is 1.70 bits per heavy atom. The van der Waals surface area contributed by atoms with Crippen LogP contribution in [0.5, 0.6) is 0 Å². The zero-order valence-electron chi connectivity index (χ0n) is 23.9. The Morgan fingerprint density at radius 1 is 1.00 bits per heavy atom. The number of unbranched alkanes of at least 4 members (excludes halogenated alkanes) is 2. The molecule has 220 valence electrons. The van der Waals surface area contributed by atoms with Crippen LogP contribution >= 0.6 is 0 Å². The van der Waals surface area contributed by atoms with Gasteiger partial charge in [-0.15, -0.1) is 0 Å². The minimum absolute atomic E-state index is 0.227. The highest BCUT2D eigenvalue weighted by atomic mass is 16.3. The maximum atomic E-state index is 13.8. The maximum absolute atomic E-state index is 13.8. The van der Waals surface area contributed by atoms with Gasteiger partial charge in [0.25, 0.3) is 0 Å². The minimum Gasteiger partial charge on any atom is -0.386 e. The number of hydrogen-bond acceptors (Lipinski definition) is 6. The van der Waals surface area contributed by atoms with Crippen LogP contribution in [-0.4, -0.2) is 75.7 Å². The molecule has 10 nitrogen and oxygen atoms in total. The van der Waals surface area contributed by atoms with Crippen molar-refractivity contribution in [3.8, 4) is 0 Å². The molecule has 2 heterocycles. The van der Waals surface area contributed by atoms with Gasteiger partial charge in [0.15, 0.2) is 5.78 Å². The molecule has 4 N–H and O–H groups in total. The number of carbonyl (C=O) groups is 5. The van der Waals surface area contributed by atoms with E-state index in [-0.39, 0.29) is 30.4 Å². The number of nitrogens with zero attached hydrogens (tertiary/aromatic N) is 1. The predicted octanol–water partition coefficient (Wildman–Crippen LogP) is 1.78. The number of aliphatic hydroxyl groups is 1. The summed E-state index contributed by atoms with van der Waals surface area (Å²) in [5.74, 6) is -1.77. The van der Waals surface area contributed by atoms with Crippen molar-refractivity contribution in [3.63, 3.8) is 0 Å². The third-order valence-corrected chi connectivity index (χ3v) is 8.24. The van der Waals surface area contributed by atoms with Crippen LogP contribution in [0.1, 0.15) is 84.1 Å². The summed E-state index contributed by atoms with van der Waals surface area (Å²) in [6, 6.07) is 6.93. The fourth-order valence-corrected chi connectivity index (χ4v) is 5.55. The van der Waals surface area contributed by atoms with E-state index in [1.807, 2.05) is 44.2 Å². The minimum atomic E-state index is -1.25. The average molecular weight is 557 g/mol. The number of aliphatic hydroxyl groups excluding tert-OH is 1. The Balaban J connectivity index is 1.85. The molecule has 2 aliphatic rings. The summed E-state index contributed by atoms with van der Waals surface area (Å²) in [6.07, 6.45) is 3.36. The smallest absolute Gasteiger partial charge is 0.246 e. The summed E-state index contributed by atoms with van der Waals surface area (Å²) in [4.78, 5) is 67.8. The molecule has 3 rings (SSSR count). The molecule has 1 aromatic carbocycles. The third-order valence-electron chi connectivity index (χ3n) is 8.24. The lowest BCUT2D eigenvalue weighted by Crippen LogP contribution is -2.66. The summed E-state index contributed by atoms with van der Waals surface area (Å²) in [7, 11) is 0. The molecule has 0 spiro atoms. The third kappa shape index (κ3) is 7.68. The Labute approximate surface area is 236 Å². The molecule has 2 fully saturated rings. The van der Waals surface area contributed by atoms with Gasteiger partial charge < -0.3 is 26.0 Å². The van der Waals surface area contributed by atoms with Gasteiger partial charge in [-0.05, 0) is 51.0 Å². The lowest BCUT2D eigenvalue weighted by Gasteiger charge is -2.37. The van der Waals surface area contributed by atoms with E-state index in [2.05, 4.69) is 16.0 Å². The zero-order valence-corrected chi connectivity index (χ0v) is 23.9. The fourth-order valence-electron chi connectivity index (χ4n) is 5.55. The highest BCUT2D eigenvalue weighted by Gasteiger charge is 2.44. The molecule has 0 bridgehead atoms. The van der Waals surface area contributed by atoms with Gasteiger partial charge in [-0.1, -0.05) is 57.0 Å². The van der Waals surface area contributed by atoms with E-state index >= 15 is 0 Å². The number of hydrogen-bond donors (Lipinski definition) is 4. The highest BCUT2D eigenvalue weighted by molar-refractivity contribution is 5.99. The Kier molecular flexibility index (Phi) is 11.2. The molecule has 2 aliphatic heterocycles. The second-order valence-corrected chi connectivity index (χ2v) is 11.0. The first-order valence-electron chi connectivity index (χ1n) is 14.6. The van der Waals surface area contributed by atoms with Crippen molar-refractivity contribution in [1.29, 1.82) is 0 Å². The van der Waals surface area contributed by atoms with Gasteiger partial charge in [-0.2, -0.15) is 0 Å². The summed E-state index contributed by atoms with van der Waals surface area (Å²) in [5, 5.41) is 18.1. The van der Waals surface area contributed by atoms with E-state index in [1.165, 1.54) is 6.92 Å². The van der Waals surface area contributed by atoms with E-state index in [0.29, 0.717) is 57.9 Å². The first-order chi connectivity index (χ1) is 19.1. The van der Waals surface area contributed by atoms with Crippen molar-refractivity contribution in [3.05, 3.63) is 35.9 Å². The van der Waals surface area contributed by atoms with Gasteiger partial charge in [0.05, 0.1) is 0 Å². The van der Waals surface area contributed by atoms with E-state index < -0.39 is 41.6 Å². The van der Waals surface area contributed by atoms with Crippen LogP contribution in [0.2, 0.25) is 0 Å². The molecular formula is C30H44N4O6. The summed E-state index contributed by atoms with van der Waals surface area (Å²) in [6.45, 7) is 5.47. The number of benzene rings is 1. The second kappa shape index (κ2) is 14.4. The molecule has 0 aromatic heterocycles. The molecule has 4 amide bonds. The largest absolute Gasteiger partial charge is 0.386 e. The SMILES string of the molecule is CCC1(CC)NC(=O)[C@H](CCCCCC(=O)[C@@H](C)O)NC(=O)C2CCCN2C(=O)[C@@H](Cc2ccccc2)NC1=O. The van der Waals surface area contributed by atoms with E-state index in [9.17, 15) is 29.1 Å². The number of nitrogens with one attached hydrogen (secondary N) is 3. The van der Waals surface area contributed by atoms with Gasteiger partial charge >= 0.3 is 0 Å². The number of amides is 4. The monoisotopic (exact) mass is 556 g/mol. The Morgan fingerprint density at radius 3 is 2.35 bits per heavy atom. The molecule has 1 unspecified atom stereocenters. The van der Waals surface area contributed by atoms with Crippen LogP contribution in [-0.2, 0) is 30.4 Å². The molecule has 40 heavy (non-hydrogen) atoms. The van der Waals surface area contributed by atoms with Crippen LogP contribution < -0.4 is 16.0 Å². The number of rotatable bonds is 11. The van der Waals surface area contributed by atoms with Crippen molar-refractivity contribution in [2.75, 3.05) is 6.54 Å². The second-order valence-electron chi connectivity index (χ2n) is 11.0. The fraction of sp³-hybridized carbons (Fsp3) is 0.633. The molecular weight excluding hydrogens is 512 g/mol. The zero-order chi connectivity index (χ0) is 29.3. The Bertz CT molecular complexity index is 1060. The maximum Gasteiger partial charge on any atom is 0.246 e. The topological polar surface area (TPSA) is 145 Å². The van der Waals surface area contributed by atoms with Crippen molar-refractivity contribution < 1.29 is 29.1 Å².